The van der Waals surface area contributed by atoms with Crippen LogP contribution >= 0.6 is 11.6 Å². The van der Waals surface area contributed by atoms with Gasteiger partial charge in [0.05, 0.1) is 41.3 Å². The molecule has 224 valence electrons. The first kappa shape index (κ1) is 29.1. The van der Waals surface area contributed by atoms with E-state index in [9.17, 15) is 13.2 Å². The van der Waals surface area contributed by atoms with E-state index in [2.05, 4.69) is 20.3 Å². The number of nitrogens with zero attached hydrogens (tertiary/aromatic N) is 2. The van der Waals surface area contributed by atoms with Crippen molar-refractivity contribution >= 4 is 55.0 Å². The number of aromatic nitrogens is 3. The van der Waals surface area contributed by atoms with Crippen LogP contribution in [0.4, 0.5) is 5.82 Å². The van der Waals surface area contributed by atoms with Crippen LogP contribution in [0.2, 0.25) is 5.02 Å². The maximum atomic E-state index is 13.7. The third-order valence-electron chi connectivity index (χ3n) is 7.07. The van der Waals surface area contributed by atoms with Gasteiger partial charge < -0.3 is 28.9 Å². The molecule has 1 aliphatic rings. The molecule has 0 bridgehead atoms. The molecule has 0 amide bonds. The number of carbonyl (C=O) groups is 1. The number of hydrogen-bond donors (Lipinski definition) is 2. The summed E-state index contributed by atoms with van der Waals surface area (Å²) in [6.45, 7) is 2.44. The van der Waals surface area contributed by atoms with Gasteiger partial charge in [0.2, 0.25) is 0 Å². The summed E-state index contributed by atoms with van der Waals surface area (Å²) in [5.74, 6) is 1.65. The molecule has 0 spiro atoms. The molecule has 1 fully saturated rings. The molecule has 3 aromatic heterocycles. The molecule has 43 heavy (non-hydrogen) atoms. The van der Waals surface area contributed by atoms with Crippen molar-refractivity contribution in [2.45, 2.75) is 31.9 Å². The molecular weight excluding hydrogens is 596 g/mol. The molecule has 6 rings (SSSR count). The van der Waals surface area contributed by atoms with Gasteiger partial charge in [0.1, 0.15) is 35.2 Å². The molecule has 0 saturated carbocycles. The largest absolute Gasteiger partial charge is 0.457 e. The Kier molecular flexibility index (Phi) is 8.10. The zero-order chi connectivity index (χ0) is 30.1. The maximum Gasteiger partial charge on any atom is 0.196 e. The van der Waals surface area contributed by atoms with Crippen LogP contribution in [-0.4, -0.2) is 66.7 Å². The average molecular weight is 625 g/mol. The first-order chi connectivity index (χ1) is 20.6. The Morgan fingerprint density at radius 1 is 1.16 bits per heavy atom. The second kappa shape index (κ2) is 12.0. The van der Waals surface area contributed by atoms with Crippen LogP contribution in [0.15, 0.2) is 59.4 Å². The molecule has 2 aromatic carbocycles. The van der Waals surface area contributed by atoms with E-state index < -0.39 is 9.84 Å². The number of carbonyl (C=O) groups excluding carboxylic acids is 1. The number of furan rings is 1. The molecule has 0 unspecified atom stereocenters. The highest BCUT2D eigenvalue weighted by atomic mass is 35.5. The fourth-order valence-corrected chi connectivity index (χ4v) is 5.74. The number of hydrogen-bond acceptors (Lipinski definition) is 10. The Morgan fingerprint density at radius 2 is 2.02 bits per heavy atom. The zero-order valence-electron chi connectivity index (χ0n) is 23.4. The quantitative estimate of drug-likeness (QED) is 0.186. The fraction of sp³-hybridized carbons (Fsp3) is 0.300. The van der Waals surface area contributed by atoms with Crippen LogP contribution in [0.25, 0.3) is 22.0 Å². The predicted molar refractivity (Wildman–Crippen MR) is 162 cm³/mol. The minimum Gasteiger partial charge on any atom is -0.457 e. The number of sulfone groups is 1. The van der Waals surface area contributed by atoms with Gasteiger partial charge in [-0.3, -0.25) is 4.79 Å². The van der Waals surface area contributed by atoms with Crippen LogP contribution in [0.1, 0.15) is 34.5 Å². The van der Waals surface area contributed by atoms with Gasteiger partial charge in [0.25, 0.3) is 0 Å². The van der Waals surface area contributed by atoms with Gasteiger partial charge in [-0.15, -0.1) is 0 Å². The summed E-state index contributed by atoms with van der Waals surface area (Å²) in [4.78, 5) is 25.5. The second-order valence-electron chi connectivity index (χ2n) is 10.5. The Morgan fingerprint density at radius 3 is 2.79 bits per heavy atom. The molecule has 13 heteroatoms. The van der Waals surface area contributed by atoms with Crippen LogP contribution in [0, 0.1) is 6.92 Å². The first-order valence-electron chi connectivity index (χ1n) is 13.6. The van der Waals surface area contributed by atoms with E-state index in [4.69, 9.17) is 30.2 Å². The van der Waals surface area contributed by atoms with Crippen molar-refractivity contribution in [2.24, 2.45) is 0 Å². The van der Waals surface area contributed by atoms with Crippen LogP contribution in [-0.2, 0) is 19.3 Å². The molecule has 2 atom stereocenters. The summed E-state index contributed by atoms with van der Waals surface area (Å²) in [5.41, 5.74) is 1.81. The van der Waals surface area contributed by atoms with Gasteiger partial charge in [-0.2, -0.15) is 0 Å². The Bertz CT molecular complexity index is 1910. The van der Waals surface area contributed by atoms with Crippen LogP contribution in [0.5, 0.6) is 11.5 Å². The topological polar surface area (TPSA) is 146 Å². The first-order valence-corrected chi connectivity index (χ1v) is 16.1. The average Bonchev–Trinajstić information content (AvgIpc) is 3.57. The molecule has 0 aliphatic carbocycles. The number of nitrogens with one attached hydrogen (secondary N) is 2. The lowest BCUT2D eigenvalue weighted by molar-refractivity contribution is -0.0368. The van der Waals surface area contributed by atoms with E-state index in [1.807, 2.05) is 31.2 Å². The van der Waals surface area contributed by atoms with Crippen molar-refractivity contribution in [3.63, 3.8) is 0 Å². The summed E-state index contributed by atoms with van der Waals surface area (Å²) in [7, 11) is -3.20. The van der Waals surface area contributed by atoms with Crippen molar-refractivity contribution in [1.82, 2.24) is 15.0 Å². The predicted octanol–water partition coefficient (Wildman–Crippen LogP) is 5.67. The highest BCUT2D eigenvalue weighted by Gasteiger charge is 2.26. The van der Waals surface area contributed by atoms with E-state index in [0.29, 0.717) is 58.1 Å². The molecule has 11 nitrogen and oxygen atoms in total. The summed E-state index contributed by atoms with van der Waals surface area (Å²) in [6.07, 6.45) is 5.36. The summed E-state index contributed by atoms with van der Waals surface area (Å²) in [6, 6.07) is 12.4. The Hall–Kier alpha value is -3.97. The number of ether oxygens (including phenoxy) is 3. The molecular formula is C30H29ClN4O7S. The lowest BCUT2D eigenvalue weighted by Crippen LogP contribution is -2.37. The minimum absolute atomic E-state index is 0.0791. The maximum absolute atomic E-state index is 13.7. The summed E-state index contributed by atoms with van der Waals surface area (Å²) in [5, 5.41) is 5.08. The molecule has 1 saturated heterocycles. The van der Waals surface area contributed by atoms with Gasteiger partial charge in [0.15, 0.2) is 27.0 Å². The van der Waals surface area contributed by atoms with Gasteiger partial charge in [-0.25, -0.2) is 18.4 Å². The Balaban J connectivity index is 1.17. The van der Waals surface area contributed by atoms with E-state index in [-0.39, 0.29) is 35.5 Å². The van der Waals surface area contributed by atoms with Gasteiger partial charge in [-0.1, -0.05) is 23.7 Å². The number of para-hydroxylation sites is 1. The molecule has 2 N–H and O–H groups in total. The number of ketones is 1. The third kappa shape index (κ3) is 6.52. The SMILES string of the molecule is Cc1cc2cccc(Oc3ccc(C(=O)c4c[nH]c5ncnc(N[C@@H]6CC[C@@H](COCS(C)(=O)=O)OC6)c45)c(Cl)c3)c2o1. The number of aromatic amines is 1. The van der Waals surface area contributed by atoms with Gasteiger partial charge in [-0.05, 0) is 44.0 Å². The summed E-state index contributed by atoms with van der Waals surface area (Å²) < 4.78 is 45.6. The smallest absolute Gasteiger partial charge is 0.196 e. The van der Waals surface area contributed by atoms with E-state index in [0.717, 1.165) is 23.8 Å². The molecule has 4 heterocycles. The van der Waals surface area contributed by atoms with E-state index >= 15 is 0 Å². The van der Waals surface area contributed by atoms with E-state index in [1.165, 1.54) is 6.33 Å². The molecule has 0 radical (unpaired) electrons. The van der Waals surface area contributed by atoms with Gasteiger partial charge in [0, 0.05) is 29.5 Å². The standard InChI is InChI=1S/C30H29ClN4O7S/c1-17-10-18-4-3-5-25(28(18)41-17)42-20-8-9-22(24(31)11-20)27(36)23-12-32-29-26(23)30(34-15-33-29)35-19-6-7-21(40-13-19)14-39-16-43(2,37)38/h3-5,8-12,15,19,21H,6-7,13-14,16H2,1-2H3,(H2,32,33,34,35)/t19-,21+/m1/s1. The number of benzene rings is 2. The van der Waals surface area contributed by atoms with Crippen LogP contribution < -0.4 is 10.1 Å². The number of aryl methyl sites for hydroxylation is 1. The van der Waals surface area contributed by atoms with Crippen molar-refractivity contribution in [2.75, 3.05) is 30.7 Å². The number of H-pyrrole nitrogens is 1. The van der Waals surface area contributed by atoms with Crippen molar-refractivity contribution in [3.05, 3.63) is 76.9 Å². The van der Waals surface area contributed by atoms with Crippen molar-refractivity contribution in [3.8, 4) is 11.5 Å². The fourth-order valence-electron chi connectivity index (χ4n) is 5.09. The van der Waals surface area contributed by atoms with Gasteiger partial charge >= 0.3 is 0 Å². The lowest BCUT2D eigenvalue weighted by atomic mass is 10.0. The zero-order valence-corrected chi connectivity index (χ0v) is 25.0. The normalized spacial score (nSPS) is 17.4. The van der Waals surface area contributed by atoms with Crippen LogP contribution in [0.3, 0.4) is 0 Å². The number of fused-ring (bicyclic) bond motifs is 2. The van der Waals surface area contributed by atoms with E-state index in [1.54, 1.807) is 24.4 Å². The van der Waals surface area contributed by atoms with Crippen molar-refractivity contribution in [1.29, 1.82) is 0 Å². The molecule has 1 aliphatic heterocycles. The summed E-state index contributed by atoms with van der Waals surface area (Å²) >= 11 is 6.61. The number of anilines is 1. The molecule has 5 aromatic rings. The highest BCUT2D eigenvalue weighted by Crippen LogP contribution is 2.35. The highest BCUT2D eigenvalue weighted by molar-refractivity contribution is 7.90. The number of rotatable bonds is 10. The minimum atomic E-state index is -3.20. The van der Waals surface area contributed by atoms with Crippen molar-refractivity contribution < 1.29 is 31.8 Å². The Labute approximate surface area is 252 Å². The third-order valence-corrected chi connectivity index (χ3v) is 7.98. The lowest BCUT2D eigenvalue weighted by Gasteiger charge is -2.29. The monoisotopic (exact) mass is 624 g/mol. The number of halogens is 1. The second-order valence-corrected chi connectivity index (χ2v) is 13.0.